The summed E-state index contributed by atoms with van der Waals surface area (Å²) in [5.41, 5.74) is 0.800. The Morgan fingerprint density at radius 3 is 2.62 bits per heavy atom. The second-order valence-corrected chi connectivity index (χ2v) is 4.52. The van der Waals surface area contributed by atoms with Crippen molar-refractivity contribution in [3.8, 4) is 0 Å². The van der Waals surface area contributed by atoms with Gasteiger partial charge in [-0.15, -0.1) is 0 Å². The smallest absolute Gasteiger partial charge is 0.257 e. The lowest BCUT2D eigenvalue weighted by Gasteiger charge is -2.15. The first-order valence-corrected chi connectivity index (χ1v) is 5.54. The maximum atomic E-state index is 12.1. The second-order valence-electron chi connectivity index (χ2n) is 4.52. The highest BCUT2D eigenvalue weighted by atomic mass is 19.3. The Kier molecular flexibility index (Phi) is 4.71. The highest BCUT2D eigenvalue weighted by Crippen LogP contribution is 2.12. The minimum Gasteiger partial charge on any atom is -0.380 e. The molecule has 1 atom stereocenters. The molecule has 1 rings (SSSR count). The van der Waals surface area contributed by atoms with Crippen molar-refractivity contribution < 1.29 is 8.78 Å². The summed E-state index contributed by atoms with van der Waals surface area (Å²) in [5.74, 6) is 0.610. The van der Waals surface area contributed by atoms with Gasteiger partial charge in [-0.25, -0.2) is 8.78 Å². The van der Waals surface area contributed by atoms with Crippen LogP contribution in [0.3, 0.4) is 0 Å². The normalized spacial score (nSPS) is 13.4. The molecule has 1 heterocycles. The molecule has 0 aliphatic heterocycles. The number of hydrogen-bond donors (Lipinski definition) is 1. The first-order chi connectivity index (χ1) is 7.47. The van der Waals surface area contributed by atoms with Crippen LogP contribution in [-0.2, 0) is 6.54 Å². The molecule has 0 fully saturated rings. The molecule has 1 aromatic rings. The van der Waals surface area contributed by atoms with E-state index in [2.05, 4.69) is 31.2 Å². The summed E-state index contributed by atoms with van der Waals surface area (Å²) in [6.07, 6.45) is 1.88. The van der Waals surface area contributed by atoms with Crippen molar-refractivity contribution in [1.29, 1.82) is 0 Å². The van der Waals surface area contributed by atoms with Crippen LogP contribution in [0, 0.1) is 5.92 Å². The fourth-order valence-electron chi connectivity index (χ4n) is 1.73. The van der Waals surface area contributed by atoms with E-state index >= 15 is 0 Å². The van der Waals surface area contributed by atoms with Gasteiger partial charge in [0, 0.05) is 12.2 Å². The zero-order chi connectivity index (χ0) is 12.1. The van der Waals surface area contributed by atoms with Crippen LogP contribution in [0.25, 0.3) is 0 Å². The van der Waals surface area contributed by atoms with Gasteiger partial charge in [0.2, 0.25) is 0 Å². The van der Waals surface area contributed by atoms with Gasteiger partial charge >= 0.3 is 0 Å². The van der Waals surface area contributed by atoms with E-state index in [-0.39, 0.29) is 6.54 Å². The molecule has 0 radical (unpaired) electrons. The maximum Gasteiger partial charge on any atom is 0.257 e. The summed E-state index contributed by atoms with van der Waals surface area (Å²) in [6, 6.07) is 0.323. The lowest BCUT2D eigenvalue weighted by atomic mass is 10.1. The molecule has 1 unspecified atom stereocenters. The number of anilines is 1. The molecule has 3 nitrogen and oxygen atoms in total. The number of aromatic nitrogens is 2. The molecule has 0 saturated heterocycles. The number of hydrogen-bond acceptors (Lipinski definition) is 2. The van der Waals surface area contributed by atoms with Crippen molar-refractivity contribution in [3.05, 3.63) is 12.4 Å². The highest BCUT2D eigenvalue weighted by molar-refractivity contribution is 5.39. The quantitative estimate of drug-likeness (QED) is 0.815. The van der Waals surface area contributed by atoms with Crippen LogP contribution in [0.5, 0.6) is 0 Å². The molecule has 0 amide bonds. The largest absolute Gasteiger partial charge is 0.380 e. The van der Waals surface area contributed by atoms with Crippen LogP contribution in [-0.4, -0.2) is 22.2 Å². The zero-order valence-electron chi connectivity index (χ0n) is 9.95. The number of nitrogens with zero attached hydrogens (tertiary/aromatic N) is 2. The molecule has 0 aliphatic carbocycles. The Balaban J connectivity index is 2.45. The van der Waals surface area contributed by atoms with Crippen molar-refractivity contribution >= 4 is 5.69 Å². The highest BCUT2D eigenvalue weighted by Gasteiger charge is 2.08. The first kappa shape index (κ1) is 12.9. The minimum absolute atomic E-state index is 0.323. The monoisotopic (exact) mass is 231 g/mol. The summed E-state index contributed by atoms with van der Waals surface area (Å²) in [7, 11) is 0. The van der Waals surface area contributed by atoms with Crippen LogP contribution < -0.4 is 5.32 Å². The van der Waals surface area contributed by atoms with Crippen LogP contribution in [0.2, 0.25) is 0 Å². The summed E-state index contributed by atoms with van der Waals surface area (Å²) in [4.78, 5) is 0. The van der Waals surface area contributed by atoms with Gasteiger partial charge in [0.15, 0.2) is 0 Å². The van der Waals surface area contributed by atoms with Crippen molar-refractivity contribution in [1.82, 2.24) is 9.78 Å². The van der Waals surface area contributed by atoms with Gasteiger partial charge in [0.1, 0.15) is 6.54 Å². The number of alkyl halides is 2. The molecule has 0 saturated carbocycles. The van der Waals surface area contributed by atoms with E-state index in [4.69, 9.17) is 0 Å². The third kappa shape index (κ3) is 4.59. The van der Waals surface area contributed by atoms with Crippen molar-refractivity contribution in [2.24, 2.45) is 5.92 Å². The summed E-state index contributed by atoms with van der Waals surface area (Å²) in [5, 5.41) is 7.10. The predicted molar refractivity (Wildman–Crippen MR) is 60.8 cm³/mol. The fourth-order valence-corrected chi connectivity index (χ4v) is 1.73. The van der Waals surface area contributed by atoms with E-state index in [0.29, 0.717) is 12.0 Å². The van der Waals surface area contributed by atoms with Gasteiger partial charge < -0.3 is 5.32 Å². The Morgan fingerprint density at radius 2 is 2.06 bits per heavy atom. The summed E-state index contributed by atoms with van der Waals surface area (Å²) >= 11 is 0. The number of nitrogens with one attached hydrogen (secondary N) is 1. The van der Waals surface area contributed by atoms with Crippen molar-refractivity contribution in [2.45, 2.75) is 46.2 Å². The third-order valence-electron chi connectivity index (χ3n) is 2.20. The second kappa shape index (κ2) is 5.82. The zero-order valence-corrected chi connectivity index (χ0v) is 9.95. The number of rotatable bonds is 6. The lowest BCUT2D eigenvalue weighted by Crippen LogP contribution is -2.17. The molecule has 1 aromatic heterocycles. The molecule has 5 heteroatoms. The fraction of sp³-hybridized carbons (Fsp3) is 0.727. The summed E-state index contributed by atoms with van der Waals surface area (Å²) < 4.78 is 25.4. The van der Waals surface area contributed by atoms with E-state index in [1.54, 1.807) is 12.4 Å². The van der Waals surface area contributed by atoms with Gasteiger partial charge in [-0.3, -0.25) is 4.68 Å². The molecule has 0 aromatic carbocycles. The Bertz CT molecular complexity index is 310. The van der Waals surface area contributed by atoms with E-state index in [1.165, 1.54) is 4.68 Å². The molecule has 0 spiro atoms. The topological polar surface area (TPSA) is 29.9 Å². The van der Waals surface area contributed by atoms with E-state index < -0.39 is 6.43 Å². The molecular weight excluding hydrogens is 212 g/mol. The van der Waals surface area contributed by atoms with E-state index in [0.717, 1.165) is 12.1 Å². The Labute approximate surface area is 94.8 Å². The molecule has 0 bridgehead atoms. The van der Waals surface area contributed by atoms with Gasteiger partial charge in [0.25, 0.3) is 6.43 Å². The van der Waals surface area contributed by atoms with Crippen LogP contribution in [0.15, 0.2) is 12.4 Å². The molecule has 1 N–H and O–H groups in total. The maximum absolute atomic E-state index is 12.1. The molecular formula is C11H19F2N3. The third-order valence-corrected chi connectivity index (χ3v) is 2.20. The van der Waals surface area contributed by atoms with Gasteiger partial charge in [0.05, 0.1) is 11.9 Å². The summed E-state index contributed by atoms with van der Waals surface area (Å²) in [6.45, 7) is 6.03. The average molecular weight is 231 g/mol. The van der Waals surface area contributed by atoms with Crippen LogP contribution in [0.1, 0.15) is 27.2 Å². The Hall–Kier alpha value is -1.13. The van der Waals surface area contributed by atoms with Gasteiger partial charge in [-0.1, -0.05) is 13.8 Å². The van der Waals surface area contributed by atoms with Crippen LogP contribution in [0.4, 0.5) is 14.5 Å². The van der Waals surface area contributed by atoms with Gasteiger partial charge in [-0.05, 0) is 19.3 Å². The average Bonchev–Trinajstić information content (AvgIpc) is 2.49. The van der Waals surface area contributed by atoms with Gasteiger partial charge in [-0.2, -0.15) is 5.10 Å². The van der Waals surface area contributed by atoms with E-state index in [9.17, 15) is 8.78 Å². The first-order valence-electron chi connectivity index (χ1n) is 5.54. The van der Waals surface area contributed by atoms with Crippen molar-refractivity contribution in [2.75, 3.05) is 5.32 Å². The number of halogens is 2. The molecule has 0 aliphatic rings. The van der Waals surface area contributed by atoms with Crippen molar-refractivity contribution in [3.63, 3.8) is 0 Å². The standard InChI is InChI=1S/C11H19F2N3/c1-8(2)4-9(3)15-10-5-14-16(6-10)7-11(12)13/h5-6,8-9,11,15H,4,7H2,1-3H3. The minimum atomic E-state index is -2.36. The predicted octanol–water partition coefficient (Wildman–Crippen LogP) is 2.99. The molecule has 16 heavy (non-hydrogen) atoms. The van der Waals surface area contributed by atoms with E-state index in [1.807, 2.05) is 0 Å². The lowest BCUT2D eigenvalue weighted by molar-refractivity contribution is 0.122. The van der Waals surface area contributed by atoms with Crippen LogP contribution >= 0.6 is 0 Å². The SMILES string of the molecule is CC(C)CC(C)Nc1cnn(CC(F)F)c1. The Morgan fingerprint density at radius 1 is 1.38 bits per heavy atom. The molecule has 92 valence electrons.